The lowest BCUT2D eigenvalue weighted by atomic mass is 10.3. The van der Waals surface area contributed by atoms with Crippen LogP contribution in [0, 0.1) is 0 Å². The van der Waals surface area contributed by atoms with E-state index in [2.05, 4.69) is 15.5 Å². The average molecular weight is 467 g/mol. The average Bonchev–Trinajstić information content (AvgIpc) is 3.45. The van der Waals surface area contributed by atoms with Gasteiger partial charge in [-0.15, -0.1) is 21.5 Å². The normalized spacial score (nSPS) is 15.2. The summed E-state index contributed by atoms with van der Waals surface area (Å²) in [4.78, 5) is 13.3. The fraction of sp³-hybridized carbons (Fsp3) is 0.278. The molecule has 158 valence electrons. The minimum absolute atomic E-state index is 0.0481. The van der Waals surface area contributed by atoms with Crippen molar-refractivity contribution in [2.75, 3.05) is 37.4 Å². The summed E-state index contributed by atoms with van der Waals surface area (Å²) in [5.41, 5.74) is 0.403. The lowest BCUT2D eigenvalue weighted by Gasteiger charge is -2.26. The van der Waals surface area contributed by atoms with Crippen molar-refractivity contribution in [2.24, 2.45) is 0 Å². The summed E-state index contributed by atoms with van der Waals surface area (Å²) in [6.07, 6.45) is 0. The summed E-state index contributed by atoms with van der Waals surface area (Å²) >= 11 is 2.59. The number of nitrogens with one attached hydrogen (secondary N) is 1. The minimum Gasteiger partial charge on any atom is -0.410 e. The molecule has 0 unspecified atom stereocenters. The molecule has 0 radical (unpaired) electrons. The van der Waals surface area contributed by atoms with E-state index in [-0.39, 0.29) is 21.8 Å². The number of sulfonamides is 1. The number of thioether (sulfide) groups is 1. The van der Waals surface area contributed by atoms with Gasteiger partial charge in [0.2, 0.25) is 15.9 Å². The van der Waals surface area contributed by atoms with Gasteiger partial charge in [0.25, 0.3) is 11.1 Å². The Morgan fingerprint density at radius 3 is 2.80 bits per heavy atom. The van der Waals surface area contributed by atoms with Gasteiger partial charge in [-0.05, 0) is 29.6 Å². The second-order valence-corrected chi connectivity index (χ2v) is 10.0. The first kappa shape index (κ1) is 21.0. The molecule has 4 rings (SSSR count). The molecule has 30 heavy (non-hydrogen) atoms. The van der Waals surface area contributed by atoms with Crippen molar-refractivity contribution < 1.29 is 22.4 Å². The third-order valence-corrected chi connectivity index (χ3v) is 7.76. The molecule has 1 saturated heterocycles. The maximum absolute atomic E-state index is 12.8. The van der Waals surface area contributed by atoms with E-state index >= 15 is 0 Å². The van der Waals surface area contributed by atoms with Crippen LogP contribution in [0.15, 0.2) is 56.3 Å². The Hall–Kier alpha value is -2.25. The van der Waals surface area contributed by atoms with E-state index < -0.39 is 10.0 Å². The van der Waals surface area contributed by atoms with E-state index in [4.69, 9.17) is 9.15 Å². The van der Waals surface area contributed by atoms with Crippen LogP contribution in [-0.4, -0.2) is 60.9 Å². The van der Waals surface area contributed by atoms with Crippen molar-refractivity contribution in [2.45, 2.75) is 10.1 Å². The minimum atomic E-state index is -3.63. The highest BCUT2D eigenvalue weighted by Gasteiger charge is 2.26. The van der Waals surface area contributed by atoms with Crippen LogP contribution < -0.4 is 5.32 Å². The van der Waals surface area contributed by atoms with E-state index in [0.717, 1.165) is 16.6 Å². The molecule has 0 atom stereocenters. The standard InChI is InChI=1S/C18H18N4O5S3/c23-16(12-29-18-21-20-17(27-18)15-5-2-10-28-15)19-13-3-1-4-14(11-13)30(24,25)22-6-8-26-9-7-22/h1-5,10-11H,6-9,12H2,(H,19,23). The lowest BCUT2D eigenvalue weighted by Crippen LogP contribution is -2.40. The fourth-order valence-electron chi connectivity index (χ4n) is 2.76. The fourth-order valence-corrected chi connectivity index (χ4v) is 5.42. The molecular weight excluding hydrogens is 448 g/mol. The van der Waals surface area contributed by atoms with Crippen molar-refractivity contribution in [3.05, 3.63) is 41.8 Å². The van der Waals surface area contributed by atoms with Crippen LogP contribution in [0.25, 0.3) is 10.8 Å². The van der Waals surface area contributed by atoms with Gasteiger partial charge < -0.3 is 14.5 Å². The molecule has 3 aromatic rings. The number of hydrogen-bond acceptors (Lipinski definition) is 9. The van der Waals surface area contributed by atoms with Crippen LogP contribution in [0.2, 0.25) is 0 Å². The van der Waals surface area contributed by atoms with Gasteiger partial charge in [-0.1, -0.05) is 23.9 Å². The van der Waals surface area contributed by atoms with E-state index in [0.29, 0.717) is 37.9 Å². The third-order valence-electron chi connectivity index (χ3n) is 4.19. The van der Waals surface area contributed by atoms with Gasteiger partial charge in [0.05, 0.1) is 28.7 Å². The first-order valence-electron chi connectivity index (χ1n) is 9.00. The van der Waals surface area contributed by atoms with E-state index in [1.165, 1.54) is 27.8 Å². The molecule has 1 amide bonds. The smallest absolute Gasteiger partial charge is 0.277 e. The van der Waals surface area contributed by atoms with E-state index in [1.54, 1.807) is 12.1 Å². The third kappa shape index (κ3) is 4.90. The predicted molar refractivity (Wildman–Crippen MR) is 113 cm³/mol. The van der Waals surface area contributed by atoms with Gasteiger partial charge >= 0.3 is 0 Å². The van der Waals surface area contributed by atoms with Gasteiger partial charge in [0.15, 0.2) is 0 Å². The van der Waals surface area contributed by atoms with E-state index in [1.807, 2.05) is 17.5 Å². The monoisotopic (exact) mass is 466 g/mol. The van der Waals surface area contributed by atoms with Crippen LogP contribution in [0.1, 0.15) is 0 Å². The molecule has 3 heterocycles. The highest BCUT2D eigenvalue weighted by Crippen LogP contribution is 2.26. The van der Waals surface area contributed by atoms with Crippen molar-refractivity contribution in [3.63, 3.8) is 0 Å². The quantitative estimate of drug-likeness (QED) is 0.529. The Balaban J connectivity index is 1.36. The summed E-state index contributed by atoms with van der Waals surface area (Å²) < 4.78 is 37.7. The van der Waals surface area contributed by atoms with Crippen molar-refractivity contribution >= 4 is 44.7 Å². The van der Waals surface area contributed by atoms with Crippen LogP contribution in [0.4, 0.5) is 5.69 Å². The zero-order valence-corrected chi connectivity index (χ0v) is 18.1. The van der Waals surface area contributed by atoms with Crippen LogP contribution >= 0.6 is 23.1 Å². The maximum Gasteiger partial charge on any atom is 0.277 e. The molecule has 1 N–H and O–H groups in total. The number of aromatic nitrogens is 2. The molecule has 0 bridgehead atoms. The molecule has 12 heteroatoms. The molecule has 0 spiro atoms. The van der Waals surface area contributed by atoms with Gasteiger partial charge in [-0.3, -0.25) is 4.79 Å². The molecule has 1 aliphatic rings. The van der Waals surface area contributed by atoms with Crippen LogP contribution in [0.5, 0.6) is 0 Å². The summed E-state index contributed by atoms with van der Waals surface area (Å²) in [6.45, 7) is 1.37. The number of ether oxygens (including phenoxy) is 1. The van der Waals surface area contributed by atoms with E-state index in [9.17, 15) is 13.2 Å². The number of carbonyl (C=O) groups is 1. The van der Waals surface area contributed by atoms with Crippen molar-refractivity contribution in [1.29, 1.82) is 0 Å². The number of anilines is 1. The van der Waals surface area contributed by atoms with Crippen LogP contribution in [-0.2, 0) is 19.6 Å². The second-order valence-electron chi connectivity index (χ2n) is 6.23. The Kier molecular flexibility index (Phi) is 6.49. The summed E-state index contributed by atoms with van der Waals surface area (Å²) in [5.74, 6) is 0.151. The highest BCUT2D eigenvalue weighted by molar-refractivity contribution is 7.99. The zero-order chi connectivity index (χ0) is 21.0. The Bertz CT molecular complexity index is 1110. The summed E-state index contributed by atoms with van der Waals surface area (Å²) in [5, 5.41) is 12.8. The number of morpholine rings is 1. The van der Waals surface area contributed by atoms with Gasteiger partial charge in [0.1, 0.15) is 0 Å². The molecule has 1 aliphatic heterocycles. The molecule has 0 saturated carbocycles. The maximum atomic E-state index is 12.8. The molecule has 1 aromatic carbocycles. The lowest BCUT2D eigenvalue weighted by molar-refractivity contribution is -0.113. The predicted octanol–water partition coefficient (Wildman–Crippen LogP) is 2.55. The number of rotatable bonds is 7. The summed E-state index contributed by atoms with van der Waals surface area (Å²) in [6, 6.07) is 9.97. The first-order chi connectivity index (χ1) is 14.5. The molecule has 2 aromatic heterocycles. The summed E-state index contributed by atoms with van der Waals surface area (Å²) in [7, 11) is -3.63. The molecular formula is C18H18N4O5S3. The topological polar surface area (TPSA) is 115 Å². The SMILES string of the molecule is O=C(CSc1nnc(-c2cccs2)o1)Nc1cccc(S(=O)(=O)N2CCOCC2)c1. The number of carbonyl (C=O) groups excluding carboxylic acids is 1. The highest BCUT2D eigenvalue weighted by atomic mass is 32.2. The van der Waals surface area contributed by atoms with Gasteiger partial charge in [-0.25, -0.2) is 8.42 Å². The number of amides is 1. The Labute approximate surface area is 181 Å². The largest absolute Gasteiger partial charge is 0.410 e. The number of hydrogen-bond donors (Lipinski definition) is 1. The first-order valence-corrected chi connectivity index (χ1v) is 12.3. The Morgan fingerprint density at radius 2 is 2.03 bits per heavy atom. The van der Waals surface area contributed by atoms with Gasteiger partial charge in [-0.2, -0.15) is 4.31 Å². The molecule has 1 fully saturated rings. The zero-order valence-electron chi connectivity index (χ0n) is 15.7. The van der Waals surface area contributed by atoms with Crippen LogP contribution in [0.3, 0.4) is 0 Å². The van der Waals surface area contributed by atoms with Crippen molar-refractivity contribution in [1.82, 2.24) is 14.5 Å². The van der Waals surface area contributed by atoms with Crippen molar-refractivity contribution in [3.8, 4) is 10.8 Å². The number of benzene rings is 1. The Morgan fingerprint density at radius 1 is 1.20 bits per heavy atom. The number of thiophene rings is 1. The molecule has 0 aliphatic carbocycles. The molecule has 9 nitrogen and oxygen atoms in total. The second kappa shape index (κ2) is 9.27. The number of nitrogens with zero attached hydrogens (tertiary/aromatic N) is 3. The van der Waals surface area contributed by atoms with Gasteiger partial charge in [0, 0.05) is 18.8 Å².